The average Bonchev–Trinajstić information content (AvgIpc) is 3.74. The van der Waals surface area contributed by atoms with Crippen molar-refractivity contribution in [3.63, 3.8) is 0 Å². The van der Waals surface area contributed by atoms with Gasteiger partial charge in [-0.3, -0.25) is 19.2 Å². The SMILES string of the molecule is CCc1ncc(C(=O)N2CCNC(=O)c3coc(n3)[C@H](Cc3ccccc3)NC(=O)c3csc(n3)[C@H](C(C)C)NC(=O)C2)cn1. The highest BCUT2D eigenvalue weighted by molar-refractivity contribution is 7.09. The molecule has 0 saturated carbocycles. The Balaban J connectivity index is 1.46. The summed E-state index contributed by atoms with van der Waals surface area (Å²) in [6.45, 7) is 5.53. The quantitative estimate of drug-likeness (QED) is 0.300. The van der Waals surface area contributed by atoms with E-state index < -0.39 is 35.7 Å². The number of aromatic nitrogens is 4. The van der Waals surface area contributed by atoms with Gasteiger partial charge in [-0.1, -0.05) is 51.1 Å². The van der Waals surface area contributed by atoms with Gasteiger partial charge >= 0.3 is 0 Å². The van der Waals surface area contributed by atoms with Crippen molar-refractivity contribution < 1.29 is 23.6 Å². The topological polar surface area (TPSA) is 172 Å². The van der Waals surface area contributed by atoms with E-state index in [2.05, 4.69) is 35.9 Å². The van der Waals surface area contributed by atoms with Crippen LogP contribution in [-0.4, -0.2) is 68.1 Å². The molecule has 0 spiro atoms. The Morgan fingerprint density at radius 3 is 2.51 bits per heavy atom. The molecule has 13 nitrogen and oxygen atoms in total. The van der Waals surface area contributed by atoms with E-state index in [0.29, 0.717) is 23.7 Å². The number of carbonyl (C=O) groups excluding carboxylic acids is 4. The summed E-state index contributed by atoms with van der Waals surface area (Å²) in [5, 5.41) is 10.8. The lowest BCUT2D eigenvalue weighted by atomic mass is 10.0. The highest BCUT2D eigenvalue weighted by Crippen LogP contribution is 2.26. The Morgan fingerprint density at radius 2 is 1.80 bits per heavy atom. The number of amides is 4. The second-order valence-electron chi connectivity index (χ2n) is 10.9. The number of carbonyl (C=O) groups is 4. The van der Waals surface area contributed by atoms with Crippen LogP contribution in [0.15, 0.2) is 58.8 Å². The first-order valence-electron chi connectivity index (χ1n) is 14.6. The number of thiazole rings is 1. The third kappa shape index (κ3) is 7.76. The van der Waals surface area contributed by atoms with Crippen molar-refractivity contribution in [1.29, 1.82) is 0 Å². The third-order valence-corrected chi connectivity index (χ3v) is 8.13. The molecule has 0 fully saturated rings. The van der Waals surface area contributed by atoms with Crippen LogP contribution in [0.25, 0.3) is 0 Å². The number of oxazole rings is 1. The van der Waals surface area contributed by atoms with Crippen molar-refractivity contribution in [3.05, 3.63) is 93.6 Å². The van der Waals surface area contributed by atoms with E-state index in [0.717, 1.165) is 5.56 Å². The molecule has 3 N–H and O–H groups in total. The summed E-state index contributed by atoms with van der Waals surface area (Å²) in [4.78, 5) is 71.9. The van der Waals surface area contributed by atoms with E-state index in [4.69, 9.17) is 4.42 Å². The molecule has 14 heteroatoms. The first-order chi connectivity index (χ1) is 21.7. The lowest BCUT2D eigenvalue weighted by Crippen LogP contribution is -2.45. The summed E-state index contributed by atoms with van der Waals surface area (Å²) in [6.07, 6.45) is 5.05. The van der Waals surface area contributed by atoms with E-state index in [1.54, 1.807) is 5.38 Å². The highest BCUT2D eigenvalue weighted by Gasteiger charge is 2.28. The van der Waals surface area contributed by atoms with Gasteiger partial charge in [0.25, 0.3) is 17.7 Å². The molecule has 0 unspecified atom stereocenters. The van der Waals surface area contributed by atoms with Gasteiger partial charge in [-0.05, 0) is 11.5 Å². The van der Waals surface area contributed by atoms with Gasteiger partial charge in [-0.25, -0.2) is 19.9 Å². The number of rotatable bonds is 5. The maximum atomic E-state index is 13.5. The zero-order chi connectivity index (χ0) is 31.9. The Morgan fingerprint density at radius 1 is 1.04 bits per heavy atom. The van der Waals surface area contributed by atoms with Crippen LogP contribution >= 0.6 is 11.3 Å². The summed E-state index contributed by atoms with van der Waals surface area (Å²) < 4.78 is 5.68. The number of aryl methyl sites for hydroxylation is 1. The van der Waals surface area contributed by atoms with Gasteiger partial charge < -0.3 is 25.3 Å². The Bertz CT molecular complexity index is 1650. The fraction of sp³-hybridized carbons (Fsp3) is 0.355. The molecule has 234 valence electrons. The molecule has 1 aromatic carbocycles. The summed E-state index contributed by atoms with van der Waals surface area (Å²) in [5.41, 5.74) is 1.32. The van der Waals surface area contributed by atoms with Crippen molar-refractivity contribution in [2.75, 3.05) is 19.6 Å². The minimum absolute atomic E-state index is 0.00770. The number of hydrogen-bond acceptors (Lipinski definition) is 10. The predicted octanol–water partition coefficient (Wildman–Crippen LogP) is 2.90. The summed E-state index contributed by atoms with van der Waals surface area (Å²) in [6, 6.07) is 8.30. The number of nitrogens with one attached hydrogen (secondary N) is 3. The van der Waals surface area contributed by atoms with E-state index >= 15 is 0 Å². The van der Waals surface area contributed by atoms with Crippen LogP contribution < -0.4 is 16.0 Å². The molecule has 5 rings (SSSR count). The number of nitrogens with zero attached hydrogens (tertiary/aromatic N) is 5. The molecule has 0 saturated heterocycles. The van der Waals surface area contributed by atoms with Crippen molar-refractivity contribution in [3.8, 4) is 0 Å². The van der Waals surface area contributed by atoms with Crippen molar-refractivity contribution in [2.45, 2.75) is 45.7 Å². The van der Waals surface area contributed by atoms with Crippen molar-refractivity contribution in [2.24, 2.45) is 5.92 Å². The van der Waals surface area contributed by atoms with Crippen LogP contribution in [0.5, 0.6) is 0 Å². The van der Waals surface area contributed by atoms with Gasteiger partial charge in [-0.15, -0.1) is 11.3 Å². The molecule has 4 bridgehead atoms. The zero-order valence-electron chi connectivity index (χ0n) is 25.1. The summed E-state index contributed by atoms with van der Waals surface area (Å²) >= 11 is 1.26. The molecule has 1 aliphatic rings. The number of hydrogen-bond donors (Lipinski definition) is 3. The summed E-state index contributed by atoms with van der Waals surface area (Å²) in [7, 11) is 0. The second kappa shape index (κ2) is 14.2. The average molecular weight is 631 g/mol. The van der Waals surface area contributed by atoms with Gasteiger partial charge in [0.15, 0.2) is 5.69 Å². The maximum absolute atomic E-state index is 13.5. The maximum Gasteiger partial charge on any atom is 0.273 e. The smallest absolute Gasteiger partial charge is 0.273 e. The molecule has 2 atom stereocenters. The molecule has 45 heavy (non-hydrogen) atoms. The molecule has 0 radical (unpaired) electrons. The monoisotopic (exact) mass is 630 g/mol. The van der Waals surface area contributed by atoms with Gasteiger partial charge in [0.2, 0.25) is 11.8 Å². The summed E-state index contributed by atoms with van der Waals surface area (Å²) in [5.74, 6) is -1.20. The normalized spacial score (nSPS) is 18.0. The van der Waals surface area contributed by atoms with Crippen LogP contribution in [0.2, 0.25) is 0 Å². The predicted molar refractivity (Wildman–Crippen MR) is 164 cm³/mol. The Hall–Kier alpha value is -4.98. The molecule has 1 aliphatic heterocycles. The molecule has 4 heterocycles. The standard InChI is InChI=1S/C31H34N8O5S/c1-4-24-33-13-20(14-34-24)31(43)39-11-10-32-27(41)22-16-44-29(36-22)21(12-19-8-6-5-7-9-19)35-28(42)23-17-45-30(37-23)26(18(2)3)38-25(40)15-39/h5-9,13-14,16-18,21,26H,4,10-12,15H2,1-3H3,(H,32,41)(H,35,42)(H,38,40)/t21-,26-/m0/s1. The number of fused-ring (bicyclic) bond motifs is 4. The Kier molecular flexibility index (Phi) is 9.92. The van der Waals surface area contributed by atoms with Crippen molar-refractivity contribution >= 4 is 35.0 Å². The molecule has 4 aromatic rings. The third-order valence-electron chi connectivity index (χ3n) is 7.20. The first kappa shape index (κ1) is 31.4. The van der Waals surface area contributed by atoms with E-state index in [1.165, 1.54) is 34.9 Å². The minimum Gasteiger partial charge on any atom is -0.446 e. The van der Waals surface area contributed by atoms with Crippen LogP contribution in [0, 0.1) is 5.92 Å². The molecular formula is C31H34N8O5S. The van der Waals surface area contributed by atoms with Gasteiger partial charge in [0, 0.05) is 43.7 Å². The molecular weight excluding hydrogens is 596 g/mol. The van der Waals surface area contributed by atoms with E-state index in [9.17, 15) is 19.2 Å². The van der Waals surface area contributed by atoms with Crippen LogP contribution in [0.1, 0.15) is 86.5 Å². The fourth-order valence-corrected chi connectivity index (χ4v) is 5.77. The minimum atomic E-state index is -0.694. The van der Waals surface area contributed by atoms with E-state index in [1.807, 2.05) is 51.1 Å². The lowest BCUT2D eigenvalue weighted by molar-refractivity contribution is -0.122. The second-order valence-corrected chi connectivity index (χ2v) is 11.8. The van der Waals surface area contributed by atoms with E-state index in [-0.39, 0.29) is 48.4 Å². The van der Waals surface area contributed by atoms with Gasteiger partial charge in [0.05, 0.1) is 18.2 Å². The van der Waals surface area contributed by atoms with Crippen LogP contribution in [0.3, 0.4) is 0 Å². The van der Waals surface area contributed by atoms with Gasteiger partial charge in [-0.2, -0.15) is 0 Å². The van der Waals surface area contributed by atoms with Crippen LogP contribution in [0.4, 0.5) is 0 Å². The first-order valence-corrected chi connectivity index (χ1v) is 15.5. The number of benzene rings is 1. The molecule has 4 amide bonds. The lowest BCUT2D eigenvalue weighted by Gasteiger charge is -2.25. The highest BCUT2D eigenvalue weighted by atomic mass is 32.1. The van der Waals surface area contributed by atoms with Gasteiger partial charge in [0.1, 0.15) is 28.8 Å². The zero-order valence-corrected chi connectivity index (χ0v) is 26.0. The Labute approximate surface area is 263 Å². The molecule has 3 aromatic heterocycles. The fourth-order valence-electron chi connectivity index (χ4n) is 4.75. The van der Waals surface area contributed by atoms with Crippen LogP contribution in [-0.2, 0) is 17.6 Å². The largest absolute Gasteiger partial charge is 0.446 e. The van der Waals surface area contributed by atoms with Crippen molar-refractivity contribution in [1.82, 2.24) is 40.8 Å². The molecule has 0 aliphatic carbocycles.